The minimum Gasteiger partial charge on any atom is -0.397 e. The van der Waals surface area contributed by atoms with Crippen LogP contribution >= 0.6 is 0 Å². The Kier molecular flexibility index (Phi) is 4.74. The fraction of sp³-hybridized carbons (Fsp3) is 0.364. The van der Waals surface area contributed by atoms with Gasteiger partial charge in [0.15, 0.2) is 0 Å². The number of amides is 1. The summed E-state index contributed by atoms with van der Waals surface area (Å²) in [5.74, 6) is -0.210. The third-order valence-corrected chi connectivity index (χ3v) is 2.28. The van der Waals surface area contributed by atoms with Crippen LogP contribution in [0.3, 0.4) is 0 Å². The molecule has 0 heterocycles. The van der Waals surface area contributed by atoms with Crippen molar-refractivity contribution in [2.24, 2.45) is 0 Å². The number of aliphatic hydroxyl groups is 2. The van der Waals surface area contributed by atoms with Crippen LogP contribution in [-0.4, -0.2) is 42.4 Å². The quantitative estimate of drug-likeness (QED) is 0.441. The summed E-state index contributed by atoms with van der Waals surface area (Å²) in [5.41, 5.74) is 7.25. The SMILES string of the molecule is CNC(=O)c1ccc(NCC(O)CO)c(N)c1. The Morgan fingerprint density at radius 3 is 2.76 bits per heavy atom. The van der Waals surface area contributed by atoms with E-state index in [0.717, 1.165) is 0 Å². The van der Waals surface area contributed by atoms with Crippen LogP contribution in [-0.2, 0) is 0 Å². The topological polar surface area (TPSA) is 108 Å². The molecule has 6 nitrogen and oxygen atoms in total. The van der Waals surface area contributed by atoms with Crippen LogP contribution in [0.5, 0.6) is 0 Å². The van der Waals surface area contributed by atoms with Gasteiger partial charge in [-0.1, -0.05) is 0 Å². The van der Waals surface area contributed by atoms with Gasteiger partial charge in [-0.05, 0) is 18.2 Å². The molecule has 17 heavy (non-hydrogen) atoms. The molecule has 1 unspecified atom stereocenters. The number of nitrogens with one attached hydrogen (secondary N) is 2. The van der Waals surface area contributed by atoms with Crippen molar-refractivity contribution in [3.63, 3.8) is 0 Å². The molecule has 0 aromatic heterocycles. The molecule has 6 N–H and O–H groups in total. The average Bonchev–Trinajstić information content (AvgIpc) is 2.35. The molecule has 0 aliphatic carbocycles. The van der Waals surface area contributed by atoms with E-state index in [0.29, 0.717) is 16.9 Å². The van der Waals surface area contributed by atoms with E-state index in [1.54, 1.807) is 25.2 Å². The van der Waals surface area contributed by atoms with Gasteiger partial charge in [0.25, 0.3) is 5.91 Å². The minimum absolute atomic E-state index is 0.194. The fourth-order valence-electron chi connectivity index (χ4n) is 1.30. The molecule has 1 atom stereocenters. The summed E-state index contributed by atoms with van der Waals surface area (Å²) in [4.78, 5) is 11.3. The van der Waals surface area contributed by atoms with Crippen LogP contribution in [0.4, 0.5) is 11.4 Å². The number of benzene rings is 1. The Balaban J connectivity index is 2.73. The number of anilines is 2. The molecule has 0 saturated carbocycles. The molecule has 1 amide bonds. The maximum Gasteiger partial charge on any atom is 0.251 e. The van der Waals surface area contributed by atoms with Crippen molar-refractivity contribution in [2.75, 3.05) is 31.2 Å². The van der Waals surface area contributed by atoms with Gasteiger partial charge < -0.3 is 26.6 Å². The molecule has 1 rings (SSSR count). The Bertz CT molecular complexity index is 396. The lowest BCUT2D eigenvalue weighted by molar-refractivity contribution is 0.0963. The molecule has 0 aliphatic rings. The summed E-state index contributed by atoms with van der Waals surface area (Å²) in [5, 5.41) is 23.2. The van der Waals surface area contributed by atoms with E-state index >= 15 is 0 Å². The van der Waals surface area contributed by atoms with Crippen molar-refractivity contribution in [2.45, 2.75) is 6.10 Å². The van der Waals surface area contributed by atoms with Gasteiger partial charge >= 0.3 is 0 Å². The highest BCUT2D eigenvalue weighted by atomic mass is 16.3. The van der Waals surface area contributed by atoms with Gasteiger partial charge in [-0.15, -0.1) is 0 Å². The van der Waals surface area contributed by atoms with E-state index in [4.69, 9.17) is 10.8 Å². The molecule has 6 heteroatoms. The van der Waals surface area contributed by atoms with E-state index in [1.165, 1.54) is 0 Å². The molecule has 0 aliphatic heterocycles. The van der Waals surface area contributed by atoms with Gasteiger partial charge in [0.1, 0.15) is 0 Å². The van der Waals surface area contributed by atoms with Crippen molar-refractivity contribution in [3.05, 3.63) is 23.8 Å². The average molecular weight is 239 g/mol. The zero-order chi connectivity index (χ0) is 12.8. The largest absolute Gasteiger partial charge is 0.397 e. The Labute approximate surface area is 99.4 Å². The van der Waals surface area contributed by atoms with Crippen LogP contribution in [0.15, 0.2) is 18.2 Å². The van der Waals surface area contributed by atoms with Crippen molar-refractivity contribution < 1.29 is 15.0 Å². The second kappa shape index (κ2) is 6.07. The van der Waals surface area contributed by atoms with Gasteiger partial charge in [-0.25, -0.2) is 0 Å². The van der Waals surface area contributed by atoms with E-state index in [1.807, 2.05) is 0 Å². The maximum absolute atomic E-state index is 11.3. The standard InChI is InChI=1S/C11H17N3O3/c1-13-11(17)7-2-3-10(9(12)4-7)14-5-8(16)6-15/h2-4,8,14-16H,5-6,12H2,1H3,(H,13,17). The maximum atomic E-state index is 11.3. The van der Waals surface area contributed by atoms with Crippen LogP contribution < -0.4 is 16.4 Å². The van der Waals surface area contributed by atoms with E-state index in [-0.39, 0.29) is 19.1 Å². The monoisotopic (exact) mass is 239 g/mol. The second-order valence-electron chi connectivity index (χ2n) is 3.60. The number of carbonyl (C=O) groups excluding carboxylic acids is 1. The number of hydrogen-bond acceptors (Lipinski definition) is 5. The van der Waals surface area contributed by atoms with Crippen molar-refractivity contribution in [1.82, 2.24) is 5.32 Å². The third-order valence-electron chi connectivity index (χ3n) is 2.28. The highest BCUT2D eigenvalue weighted by Crippen LogP contribution is 2.19. The predicted molar refractivity (Wildman–Crippen MR) is 65.8 cm³/mol. The summed E-state index contributed by atoms with van der Waals surface area (Å²) < 4.78 is 0. The zero-order valence-corrected chi connectivity index (χ0v) is 9.60. The number of carbonyl (C=O) groups is 1. The summed E-state index contributed by atoms with van der Waals surface area (Å²) >= 11 is 0. The van der Waals surface area contributed by atoms with Gasteiger partial charge in [-0.2, -0.15) is 0 Å². The Morgan fingerprint density at radius 2 is 2.24 bits per heavy atom. The predicted octanol–water partition coefficient (Wildman–Crippen LogP) is -0.606. The second-order valence-corrected chi connectivity index (χ2v) is 3.60. The Morgan fingerprint density at radius 1 is 1.53 bits per heavy atom. The van der Waals surface area contributed by atoms with E-state index in [9.17, 15) is 9.90 Å². The lowest BCUT2D eigenvalue weighted by Crippen LogP contribution is -2.23. The number of nitrogen functional groups attached to an aromatic ring is 1. The molecule has 0 spiro atoms. The lowest BCUT2D eigenvalue weighted by atomic mass is 10.1. The van der Waals surface area contributed by atoms with Crippen molar-refractivity contribution >= 4 is 17.3 Å². The Hall–Kier alpha value is -1.79. The molecular weight excluding hydrogens is 222 g/mol. The van der Waals surface area contributed by atoms with Crippen molar-refractivity contribution in [3.8, 4) is 0 Å². The lowest BCUT2D eigenvalue weighted by Gasteiger charge is -2.12. The number of hydrogen-bond donors (Lipinski definition) is 5. The molecule has 94 valence electrons. The van der Waals surface area contributed by atoms with E-state index in [2.05, 4.69) is 10.6 Å². The van der Waals surface area contributed by atoms with Crippen LogP contribution in [0.1, 0.15) is 10.4 Å². The molecule has 0 bridgehead atoms. The van der Waals surface area contributed by atoms with Gasteiger partial charge in [0.05, 0.1) is 24.1 Å². The first kappa shape index (κ1) is 13.3. The molecular formula is C11H17N3O3. The van der Waals surface area contributed by atoms with Crippen LogP contribution in [0.2, 0.25) is 0 Å². The van der Waals surface area contributed by atoms with Gasteiger partial charge in [0.2, 0.25) is 0 Å². The van der Waals surface area contributed by atoms with Crippen LogP contribution in [0, 0.1) is 0 Å². The normalized spacial score (nSPS) is 11.9. The number of rotatable bonds is 5. The highest BCUT2D eigenvalue weighted by molar-refractivity contribution is 5.95. The van der Waals surface area contributed by atoms with Crippen molar-refractivity contribution in [1.29, 1.82) is 0 Å². The highest BCUT2D eigenvalue weighted by Gasteiger charge is 2.07. The number of nitrogens with two attached hydrogens (primary N) is 1. The first-order valence-electron chi connectivity index (χ1n) is 5.23. The first-order valence-corrected chi connectivity index (χ1v) is 5.23. The third kappa shape index (κ3) is 3.61. The zero-order valence-electron chi connectivity index (χ0n) is 9.60. The molecule has 1 aromatic carbocycles. The van der Waals surface area contributed by atoms with Gasteiger partial charge in [0, 0.05) is 19.2 Å². The molecule has 0 fully saturated rings. The summed E-state index contributed by atoms with van der Waals surface area (Å²) in [7, 11) is 1.54. The summed E-state index contributed by atoms with van der Waals surface area (Å²) in [6, 6.07) is 4.83. The smallest absolute Gasteiger partial charge is 0.251 e. The first-order chi connectivity index (χ1) is 8.08. The van der Waals surface area contributed by atoms with E-state index < -0.39 is 6.10 Å². The van der Waals surface area contributed by atoms with Crippen LogP contribution in [0.25, 0.3) is 0 Å². The minimum atomic E-state index is -0.840. The summed E-state index contributed by atoms with van der Waals surface area (Å²) in [6.07, 6.45) is -0.840. The fourth-order valence-corrected chi connectivity index (χ4v) is 1.30. The molecule has 0 saturated heterocycles. The molecule has 1 aromatic rings. The molecule has 0 radical (unpaired) electrons. The number of aliphatic hydroxyl groups excluding tert-OH is 2. The van der Waals surface area contributed by atoms with Gasteiger partial charge in [-0.3, -0.25) is 4.79 Å². The summed E-state index contributed by atoms with van der Waals surface area (Å²) in [6.45, 7) is -0.122.